The van der Waals surface area contributed by atoms with Gasteiger partial charge in [-0.15, -0.1) is 0 Å². The Bertz CT molecular complexity index is 482. The lowest BCUT2D eigenvalue weighted by molar-refractivity contribution is -0.121. The third-order valence-corrected chi connectivity index (χ3v) is 3.31. The number of hydrogen-bond acceptors (Lipinski definition) is 2. The second kappa shape index (κ2) is 4.20. The van der Waals surface area contributed by atoms with Gasteiger partial charge in [-0.25, -0.2) is 0 Å². The van der Waals surface area contributed by atoms with E-state index in [9.17, 15) is 9.59 Å². The summed E-state index contributed by atoms with van der Waals surface area (Å²) in [6, 6.07) is 5.24. The smallest absolute Gasteiger partial charge is 0.240 e. The van der Waals surface area contributed by atoms with Crippen LogP contribution in [0.3, 0.4) is 0 Å². The molecule has 2 rings (SSSR count). The summed E-state index contributed by atoms with van der Waals surface area (Å²) in [6.45, 7) is 4.00. The molecule has 2 N–H and O–H groups in total. The predicted molar refractivity (Wildman–Crippen MR) is 65.6 cm³/mol. The predicted octanol–water partition coefficient (Wildman–Crippen LogP) is 1.28. The highest BCUT2D eigenvalue weighted by Crippen LogP contribution is 2.28. The molecule has 4 heteroatoms. The third kappa shape index (κ3) is 2.02. The highest BCUT2D eigenvalue weighted by atomic mass is 16.2. The van der Waals surface area contributed by atoms with E-state index in [-0.39, 0.29) is 5.91 Å². The van der Waals surface area contributed by atoms with Gasteiger partial charge in [0.05, 0.1) is 0 Å². The molecule has 1 atom stereocenters. The number of primary amides is 1. The van der Waals surface area contributed by atoms with Gasteiger partial charge in [0.25, 0.3) is 0 Å². The van der Waals surface area contributed by atoms with Crippen LogP contribution in [-0.4, -0.2) is 17.9 Å². The van der Waals surface area contributed by atoms with Crippen LogP contribution in [0.1, 0.15) is 24.0 Å². The topological polar surface area (TPSA) is 63.4 Å². The van der Waals surface area contributed by atoms with Crippen LogP contribution in [-0.2, 0) is 9.59 Å². The van der Waals surface area contributed by atoms with E-state index in [1.54, 1.807) is 0 Å². The van der Waals surface area contributed by atoms with Crippen molar-refractivity contribution in [2.45, 2.75) is 32.7 Å². The van der Waals surface area contributed by atoms with E-state index in [4.69, 9.17) is 5.73 Å². The van der Waals surface area contributed by atoms with Gasteiger partial charge < -0.3 is 5.73 Å². The summed E-state index contributed by atoms with van der Waals surface area (Å²) >= 11 is 0. The molecule has 0 aromatic heterocycles. The van der Waals surface area contributed by atoms with Crippen molar-refractivity contribution in [3.05, 3.63) is 29.3 Å². The fourth-order valence-corrected chi connectivity index (χ4v) is 2.15. The van der Waals surface area contributed by atoms with Crippen molar-refractivity contribution in [2.24, 2.45) is 5.73 Å². The quantitative estimate of drug-likeness (QED) is 0.835. The molecular formula is C13H16N2O2. The number of hydrogen-bond donors (Lipinski definition) is 1. The number of anilines is 1. The van der Waals surface area contributed by atoms with Crippen molar-refractivity contribution in [1.82, 2.24) is 0 Å². The molecule has 1 fully saturated rings. The van der Waals surface area contributed by atoms with E-state index < -0.39 is 11.9 Å². The first-order valence-electron chi connectivity index (χ1n) is 5.69. The normalized spacial score (nSPS) is 19.8. The van der Waals surface area contributed by atoms with Gasteiger partial charge >= 0.3 is 0 Å². The number of nitrogens with zero attached hydrogens (tertiary/aromatic N) is 1. The second-order valence-electron chi connectivity index (χ2n) is 4.49. The van der Waals surface area contributed by atoms with E-state index in [2.05, 4.69) is 0 Å². The highest BCUT2D eigenvalue weighted by molar-refractivity contribution is 6.03. The van der Waals surface area contributed by atoms with Gasteiger partial charge in [-0.1, -0.05) is 6.07 Å². The highest BCUT2D eigenvalue weighted by Gasteiger charge is 2.35. The molecule has 1 aromatic rings. The van der Waals surface area contributed by atoms with Crippen LogP contribution in [0.15, 0.2) is 18.2 Å². The largest absolute Gasteiger partial charge is 0.368 e. The van der Waals surface area contributed by atoms with Crippen LogP contribution in [0.25, 0.3) is 0 Å². The molecule has 0 spiro atoms. The molecule has 1 aliphatic rings. The van der Waals surface area contributed by atoms with E-state index in [1.807, 2.05) is 32.0 Å². The minimum Gasteiger partial charge on any atom is -0.368 e. The molecule has 2 amide bonds. The molecule has 4 nitrogen and oxygen atoms in total. The molecule has 0 bridgehead atoms. The first-order chi connectivity index (χ1) is 8.00. The Morgan fingerprint density at radius 1 is 1.35 bits per heavy atom. The van der Waals surface area contributed by atoms with Gasteiger partial charge in [-0.2, -0.15) is 0 Å². The Hall–Kier alpha value is -1.84. The van der Waals surface area contributed by atoms with E-state index in [0.717, 1.165) is 16.8 Å². The zero-order valence-electron chi connectivity index (χ0n) is 10.1. The van der Waals surface area contributed by atoms with E-state index >= 15 is 0 Å². The molecule has 0 radical (unpaired) electrons. The molecule has 90 valence electrons. The fraction of sp³-hybridized carbons (Fsp3) is 0.385. The van der Waals surface area contributed by atoms with Crippen LogP contribution in [0, 0.1) is 13.8 Å². The zero-order chi connectivity index (χ0) is 12.6. The molecular weight excluding hydrogens is 216 g/mol. The summed E-state index contributed by atoms with van der Waals surface area (Å²) in [4.78, 5) is 24.6. The Morgan fingerprint density at radius 2 is 2.06 bits per heavy atom. The molecule has 1 aliphatic heterocycles. The van der Waals surface area contributed by atoms with Crippen molar-refractivity contribution in [1.29, 1.82) is 0 Å². The number of nitrogens with two attached hydrogens (primary N) is 1. The van der Waals surface area contributed by atoms with Crippen molar-refractivity contribution >= 4 is 17.5 Å². The van der Waals surface area contributed by atoms with Crippen molar-refractivity contribution in [3.8, 4) is 0 Å². The SMILES string of the molecule is Cc1ccc(N2C(=O)CCC2C(N)=O)cc1C. The molecule has 1 unspecified atom stereocenters. The maximum absolute atomic E-state index is 11.8. The Labute approximate surface area is 100 Å². The Kier molecular flexibility index (Phi) is 2.88. The van der Waals surface area contributed by atoms with Crippen LogP contribution in [0.2, 0.25) is 0 Å². The van der Waals surface area contributed by atoms with E-state index in [1.165, 1.54) is 4.90 Å². The zero-order valence-corrected chi connectivity index (χ0v) is 10.1. The number of aryl methyl sites for hydroxylation is 2. The maximum atomic E-state index is 11.8. The van der Waals surface area contributed by atoms with Gasteiger partial charge in [0.1, 0.15) is 6.04 Å². The summed E-state index contributed by atoms with van der Waals surface area (Å²) in [6.07, 6.45) is 0.904. The molecule has 0 saturated carbocycles. The average Bonchev–Trinajstić information content (AvgIpc) is 2.64. The fourth-order valence-electron chi connectivity index (χ4n) is 2.15. The maximum Gasteiger partial charge on any atom is 0.240 e. The molecule has 1 aromatic carbocycles. The number of carbonyl (C=O) groups excluding carboxylic acids is 2. The molecule has 1 saturated heterocycles. The summed E-state index contributed by atoms with van der Waals surface area (Å²) in [5, 5.41) is 0. The summed E-state index contributed by atoms with van der Waals surface area (Å²) in [5.41, 5.74) is 8.35. The molecule has 0 aliphatic carbocycles. The Morgan fingerprint density at radius 3 is 2.65 bits per heavy atom. The van der Waals surface area contributed by atoms with Crippen LogP contribution in [0.4, 0.5) is 5.69 Å². The van der Waals surface area contributed by atoms with Crippen molar-refractivity contribution in [2.75, 3.05) is 4.90 Å². The van der Waals surface area contributed by atoms with Gasteiger partial charge in [0.15, 0.2) is 0 Å². The van der Waals surface area contributed by atoms with Crippen LogP contribution < -0.4 is 10.6 Å². The second-order valence-corrected chi connectivity index (χ2v) is 4.49. The lowest BCUT2D eigenvalue weighted by Crippen LogP contribution is -2.42. The lowest BCUT2D eigenvalue weighted by Gasteiger charge is -2.23. The lowest BCUT2D eigenvalue weighted by atomic mass is 10.1. The van der Waals surface area contributed by atoms with Gasteiger partial charge in [-0.05, 0) is 43.5 Å². The van der Waals surface area contributed by atoms with Gasteiger partial charge in [0.2, 0.25) is 11.8 Å². The number of carbonyl (C=O) groups is 2. The summed E-state index contributed by atoms with van der Waals surface area (Å²) in [7, 11) is 0. The Balaban J connectivity index is 2.39. The molecule has 1 heterocycles. The first kappa shape index (κ1) is 11.6. The standard InChI is InChI=1S/C13H16N2O2/c1-8-3-4-10(7-9(8)2)15-11(13(14)17)5-6-12(15)16/h3-4,7,11H,5-6H2,1-2H3,(H2,14,17). The number of rotatable bonds is 2. The summed E-state index contributed by atoms with van der Waals surface area (Å²) in [5.74, 6) is -0.467. The number of amides is 2. The van der Waals surface area contributed by atoms with Crippen LogP contribution in [0.5, 0.6) is 0 Å². The summed E-state index contributed by atoms with van der Waals surface area (Å²) < 4.78 is 0. The van der Waals surface area contributed by atoms with Gasteiger partial charge in [0, 0.05) is 12.1 Å². The van der Waals surface area contributed by atoms with E-state index in [0.29, 0.717) is 12.8 Å². The van der Waals surface area contributed by atoms with Gasteiger partial charge in [-0.3, -0.25) is 14.5 Å². The third-order valence-electron chi connectivity index (χ3n) is 3.31. The minimum atomic E-state index is -0.496. The molecule has 17 heavy (non-hydrogen) atoms. The monoisotopic (exact) mass is 232 g/mol. The minimum absolute atomic E-state index is 0.0305. The van der Waals surface area contributed by atoms with Crippen LogP contribution >= 0.6 is 0 Å². The number of benzene rings is 1. The average molecular weight is 232 g/mol. The first-order valence-corrected chi connectivity index (χ1v) is 5.69. The van der Waals surface area contributed by atoms with Crippen molar-refractivity contribution in [3.63, 3.8) is 0 Å². The van der Waals surface area contributed by atoms with Crippen molar-refractivity contribution < 1.29 is 9.59 Å².